The van der Waals surface area contributed by atoms with Crippen molar-refractivity contribution in [2.24, 2.45) is 5.73 Å². The van der Waals surface area contributed by atoms with Gasteiger partial charge in [-0.15, -0.1) is 0 Å². The van der Waals surface area contributed by atoms with Crippen LogP contribution in [0.5, 0.6) is 0 Å². The smallest absolute Gasteiger partial charge is 0.333 e. The van der Waals surface area contributed by atoms with Crippen molar-refractivity contribution in [1.29, 1.82) is 0 Å². The summed E-state index contributed by atoms with van der Waals surface area (Å²) >= 11 is 0. The van der Waals surface area contributed by atoms with Crippen LogP contribution >= 0.6 is 0 Å². The molecule has 2 N–H and O–H groups in total. The predicted molar refractivity (Wildman–Crippen MR) is 35.0 cm³/mol. The van der Waals surface area contributed by atoms with Gasteiger partial charge in [-0.2, -0.15) is 0 Å². The summed E-state index contributed by atoms with van der Waals surface area (Å²) in [7, 11) is 1.22. The topological polar surface area (TPSA) is 69.4 Å². The molecule has 0 aromatic rings. The molecule has 1 amide bonds. The lowest BCUT2D eigenvalue weighted by molar-refractivity contribution is -0.137. The average Bonchev–Trinajstić information content (AvgIpc) is 1.85. The van der Waals surface area contributed by atoms with Crippen molar-refractivity contribution in [3.63, 3.8) is 0 Å². The molecule has 10 heavy (non-hydrogen) atoms. The van der Waals surface area contributed by atoms with Gasteiger partial charge in [0.1, 0.15) is 0 Å². The first-order valence-corrected chi connectivity index (χ1v) is 2.62. The molecule has 0 aromatic carbocycles. The van der Waals surface area contributed by atoms with Crippen LogP contribution in [0.2, 0.25) is 0 Å². The lowest BCUT2D eigenvalue weighted by atomic mass is 10.2. The fraction of sp³-hybridized carbons (Fsp3) is 0.333. The molecule has 0 aliphatic heterocycles. The number of ether oxygens (including phenoxy) is 1. The molecule has 0 atom stereocenters. The molecule has 0 bridgehead atoms. The minimum Gasteiger partial charge on any atom is -0.466 e. The minimum atomic E-state index is -0.598. The summed E-state index contributed by atoms with van der Waals surface area (Å²) in [4.78, 5) is 20.7. The van der Waals surface area contributed by atoms with E-state index in [1.807, 2.05) is 0 Å². The Morgan fingerprint density at radius 2 is 2.10 bits per heavy atom. The molecule has 0 aliphatic carbocycles. The number of esters is 1. The summed E-state index contributed by atoms with van der Waals surface area (Å²) in [5.74, 6) is -1.19. The molecule has 0 aromatic heterocycles. The molecule has 4 heteroatoms. The number of rotatable bonds is 3. The van der Waals surface area contributed by atoms with Gasteiger partial charge in [0.15, 0.2) is 0 Å². The van der Waals surface area contributed by atoms with Crippen LogP contribution in [0.3, 0.4) is 0 Å². The highest BCUT2D eigenvalue weighted by Gasteiger charge is 2.08. The third kappa shape index (κ3) is 2.86. The van der Waals surface area contributed by atoms with E-state index in [1.165, 1.54) is 7.11 Å². The second-order valence-electron chi connectivity index (χ2n) is 1.74. The van der Waals surface area contributed by atoms with Gasteiger partial charge < -0.3 is 10.5 Å². The molecule has 0 fully saturated rings. The van der Waals surface area contributed by atoms with Crippen molar-refractivity contribution in [3.8, 4) is 0 Å². The van der Waals surface area contributed by atoms with Crippen LogP contribution in [-0.2, 0) is 14.3 Å². The van der Waals surface area contributed by atoms with Gasteiger partial charge in [-0.1, -0.05) is 6.58 Å². The molecule has 0 heterocycles. The predicted octanol–water partition coefficient (Wildman–Crippen LogP) is -0.409. The summed E-state index contributed by atoms with van der Waals surface area (Å²) in [5.41, 5.74) is 4.86. The number of hydrogen-bond donors (Lipinski definition) is 1. The van der Waals surface area contributed by atoms with E-state index in [1.54, 1.807) is 0 Å². The van der Waals surface area contributed by atoms with Crippen LogP contribution in [0.1, 0.15) is 6.42 Å². The molecule has 0 spiro atoms. The normalized spacial score (nSPS) is 8.50. The second kappa shape index (κ2) is 3.66. The summed E-state index contributed by atoms with van der Waals surface area (Å²) < 4.78 is 4.27. The Morgan fingerprint density at radius 1 is 1.60 bits per heavy atom. The number of methoxy groups -OCH3 is 1. The Labute approximate surface area is 58.7 Å². The Balaban J connectivity index is 3.86. The van der Waals surface area contributed by atoms with Gasteiger partial charge in [0.2, 0.25) is 5.91 Å². The molecular weight excluding hydrogens is 134 g/mol. The number of primary amides is 1. The zero-order valence-corrected chi connectivity index (χ0v) is 5.72. The van der Waals surface area contributed by atoms with Crippen LogP contribution in [0.4, 0.5) is 0 Å². The van der Waals surface area contributed by atoms with Crippen LogP contribution < -0.4 is 5.73 Å². The second-order valence-corrected chi connectivity index (χ2v) is 1.74. The first-order valence-electron chi connectivity index (χ1n) is 2.62. The van der Waals surface area contributed by atoms with Crippen molar-refractivity contribution in [2.45, 2.75) is 6.42 Å². The van der Waals surface area contributed by atoms with Gasteiger partial charge in [-0.05, 0) is 0 Å². The van der Waals surface area contributed by atoms with Crippen LogP contribution in [-0.4, -0.2) is 19.0 Å². The maximum absolute atomic E-state index is 10.5. The van der Waals surface area contributed by atoms with E-state index in [9.17, 15) is 9.59 Å². The lowest BCUT2D eigenvalue weighted by Crippen LogP contribution is -2.15. The molecule has 0 unspecified atom stereocenters. The molecule has 0 aliphatic rings. The van der Waals surface area contributed by atoms with Gasteiger partial charge in [0, 0.05) is 5.57 Å². The zero-order chi connectivity index (χ0) is 8.15. The van der Waals surface area contributed by atoms with E-state index in [2.05, 4.69) is 11.3 Å². The molecule has 0 radical (unpaired) electrons. The molecule has 56 valence electrons. The number of hydrogen-bond acceptors (Lipinski definition) is 3. The average molecular weight is 143 g/mol. The number of nitrogens with two attached hydrogens (primary N) is 1. The molecule has 4 nitrogen and oxygen atoms in total. The van der Waals surface area contributed by atoms with Crippen molar-refractivity contribution >= 4 is 11.9 Å². The summed E-state index contributed by atoms with van der Waals surface area (Å²) in [6.45, 7) is 3.29. The maximum Gasteiger partial charge on any atom is 0.333 e. The Morgan fingerprint density at radius 3 is 2.40 bits per heavy atom. The highest BCUT2D eigenvalue weighted by Crippen LogP contribution is 1.97. The standard InChI is InChI=1S/C6H9NO3/c1-4(3-5(7)8)6(9)10-2/h1,3H2,2H3,(H2,7,8). The van der Waals surface area contributed by atoms with Crippen molar-refractivity contribution in [3.05, 3.63) is 12.2 Å². The molecule has 0 saturated carbocycles. The highest BCUT2D eigenvalue weighted by atomic mass is 16.5. The van der Waals surface area contributed by atoms with Gasteiger partial charge in [0.25, 0.3) is 0 Å². The minimum absolute atomic E-state index is 0.0787. The van der Waals surface area contributed by atoms with Crippen LogP contribution in [0.25, 0.3) is 0 Å². The van der Waals surface area contributed by atoms with E-state index < -0.39 is 11.9 Å². The summed E-state index contributed by atoms with van der Waals surface area (Å²) in [5, 5.41) is 0. The van der Waals surface area contributed by atoms with Gasteiger partial charge >= 0.3 is 5.97 Å². The third-order valence-corrected chi connectivity index (χ3v) is 0.862. The van der Waals surface area contributed by atoms with E-state index >= 15 is 0 Å². The van der Waals surface area contributed by atoms with Gasteiger partial charge in [-0.25, -0.2) is 4.79 Å². The molecule has 0 rings (SSSR count). The largest absolute Gasteiger partial charge is 0.466 e. The first kappa shape index (κ1) is 8.68. The van der Waals surface area contributed by atoms with Gasteiger partial charge in [0.05, 0.1) is 13.5 Å². The zero-order valence-electron chi connectivity index (χ0n) is 5.72. The number of carbonyl (C=O) groups excluding carboxylic acids is 2. The molecule has 0 saturated heterocycles. The maximum atomic E-state index is 10.5. The third-order valence-electron chi connectivity index (χ3n) is 0.862. The molecular formula is C6H9NO3. The van der Waals surface area contributed by atoms with Crippen LogP contribution in [0.15, 0.2) is 12.2 Å². The highest BCUT2D eigenvalue weighted by molar-refractivity contribution is 5.94. The van der Waals surface area contributed by atoms with Crippen molar-refractivity contribution < 1.29 is 14.3 Å². The van der Waals surface area contributed by atoms with E-state index in [4.69, 9.17) is 5.73 Å². The van der Waals surface area contributed by atoms with Crippen LogP contribution in [0, 0.1) is 0 Å². The Kier molecular flexibility index (Phi) is 3.17. The Hall–Kier alpha value is -1.32. The summed E-state index contributed by atoms with van der Waals surface area (Å²) in [6.07, 6.45) is -0.146. The SMILES string of the molecule is C=C(CC(N)=O)C(=O)OC. The lowest BCUT2D eigenvalue weighted by Gasteiger charge is -1.98. The fourth-order valence-electron chi connectivity index (χ4n) is 0.427. The number of carbonyl (C=O) groups is 2. The summed E-state index contributed by atoms with van der Waals surface area (Å²) in [6, 6.07) is 0. The van der Waals surface area contributed by atoms with E-state index in [-0.39, 0.29) is 12.0 Å². The monoisotopic (exact) mass is 143 g/mol. The quantitative estimate of drug-likeness (QED) is 0.431. The fourth-order valence-corrected chi connectivity index (χ4v) is 0.427. The first-order chi connectivity index (χ1) is 4.57. The van der Waals surface area contributed by atoms with Gasteiger partial charge in [-0.3, -0.25) is 4.79 Å². The van der Waals surface area contributed by atoms with Crippen molar-refractivity contribution in [1.82, 2.24) is 0 Å². The van der Waals surface area contributed by atoms with E-state index in [0.717, 1.165) is 0 Å². The van der Waals surface area contributed by atoms with Crippen molar-refractivity contribution in [2.75, 3.05) is 7.11 Å². The van der Waals surface area contributed by atoms with E-state index in [0.29, 0.717) is 0 Å². The number of amides is 1. The Bertz CT molecular complexity index is 174.